The molecule has 4 amide bonds. The van der Waals surface area contributed by atoms with E-state index in [-0.39, 0.29) is 19.3 Å². The average Bonchev–Trinajstić information content (AvgIpc) is 2.90. The second-order valence-corrected chi connectivity index (χ2v) is 12.8. The maximum atomic E-state index is 14.0. The second kappa shape index (κ2) is 15.4. The highest BCUT2D eigenvalue weighted by atomic mass is 16.6. The summed E-state index contributed by atoms with van der Waals surface area (Å²) in [6.45, 7) is 12.1. The van der Waals surface area contributed by atoms with Crippen LogP contribution < -0.4 is 16.4 Å². The van der Waals surface area contributed by atoms with Gasteiger partial charge in [-0.1, -0.05) is 60.2 Å². The third-order valence-corrected chi connectivity index (χ3v) is 6.34. The minimum Gasteiger partial charge on any atom is -0.458 e. The van der Waals surface area contributed by atoms with Crippen molar-refractivity contribution in [2.24, 2.45) is 5.73 Å². The van der Waals surface area contributed by atoms with E-state index >= 15 is 0 Å². The normalized spacial score (nSPS) is 13.5. The van der Waals surface area contributed by atoms with Crippen molar-refractivity contribution >= 4 is 29.8 Å². The molecule has 0 heterocycles. The molecule has 0 saturated heterocycles. The van der Waals surface area contributed by atoms with Gasteiger partial charge in [-0.25, -0.2) is 9.59 Å². The van der Waals surface area contributed by atoms with E-state index in [9.17, 15) is 24.0 Å². The van der Waals surface area contributed by atoms with E-state index in [0.717, 1.165) is 11.1 Å². The maximum absolute atomic E-state index is 14.0. The average molecular weight is 611 g/mol. The molecule has 0 bridgehead atoms. The molecule has 2 aromatic rings. The van der Waals surface area contributed by atoms with Gasteiger partial charge in [0.25, 0.3) is 0 Å². The van der Waals surface area contributed by atoms with Crippen LogP contribution in [0.3, 0.4) is 0 Å². The molecule has 240 valence electrons. The summed E-state index contributed by atoms with van der Waals surface area (Å²) >= 11 is 0. The molecular weight excluding hydrogens is 564 g/mol. The lowest BCUT2D eigenvalue weighted by Crippen LogP contribution is -2.54. The number of hydrogen-bond acceptors (Lipinski definition) is 7. The van der Waals surface area contributed by atoms with Crippen LogP contribution in [0.1, 0.15) is 77.1 Å². The fraction of sp³-hybridized carbons (Fsp3) is 0.485. The van der Waals surface area contributed by atoms with Crippen molar-refractivity contribution in [3.8, 4) is 0 Å². The predicted octanol–water partition coefficient (Wildman–Crippen LogP) is 3.72. The second-order valence-electron chi connectivity index (χ2n) is 12.8. The van der Waals surface area contributed by atoms with Crippen LogP contribution in [0.2, 0.25) is 0 Å². The lowest BCUT2D eigenvalue weighted by Gasteiger charge is -2.33. The molecule has 0 spiro atoms. The highest BCUT2D eigenvalue weighted by Gasteiger charge is 2.36. The summed E-state index contributed by atoms with van der Waals surface area (Å²) in [6, 6.07) is 12.7. The number of hydrogen-bond donors (Lipinski definition) is 3. The summed E-state index contributed by atoms with van der Waals surface area (Å²) in [5.41, 5.74) is 5.90. The molecule has 44 heavy (non-hydrogen) atoms. The van der Waals surface area contributed by atoms with Gasteiger partial charge in [-0.3, -0.25) is 14.4 Å². The van der Waals surface area contributed by atoms with E-state index < -0.39 is 59.1 Å². The zero-order valence-electron chi connectivity index (χ0n) is 26.9. The number of esters is 1. The molecule has 4 N–H and O–H groups in total. The standard InChI is InChI=1S/C33H46N4O7/c1-21-14-16-23(17-15-21)27(37(8)29(40)24(18-19-26(34)38)36-31(42)44-33(5,6)7)28(39)35-25(30(41)43-32(2,3)4)20-22-12-10-9-11-13-22/h9-17,24-25,27H,18-20H2,1-8H3,(H2,34,38)(H,35,39)(H,36,42). The Morgan fingerprint density at radius 1 is 0.818 bits per heavy atom. The summed E-state index contributed by atoms with van der Waals surface area (Å²) in [4.78, 5) is 66.6. The molecule has 2 rings (SSSR count). The molecule has 0 aliphatic carbocycles. The molecule has 3 atom stereocenters. The van der Waals surface area contributed by atoms with Crippen LogP contribution in [-0.2, 0) is 35.1 Å². The molecule has 0 saturated carbocycles. The Bertz CT molecular complexity index is 1300. The number of likely N-dealkylation sites (N-methyl/N-ethyl adjacent to an activating group) is 1. The van der Waals surface area contributed by atoms with E-state index in [0.29, 0.717) is 5.56 Å². The van der Waals surface area contributed by atoms with Crippen LogP contribution in [0.15, 0.2) is 54.6 Å². The highest BCUT2D eigenvalue weighted by Crippen LogP contribution is 2.23. The smallest absolute Gasteiger partial charge is 0.408 e. The number of aryl methyl sites for hydroxylation is 1. The van der Waals surface area contributed by atoms with Crippen LogP contribution in [0.4, 0.5) is 4.79 Å². The van der Waals surface area contributed by atoms with Crippen molar-refractivity contribution in [2.45, 2.75) is 97.1 Å². The number of nitrogens with zero attached hydrogens (tertiary/aromatic N) is 1. The predicted molar refractivity (Wildman–Crippen MR) is 166 cm³/mol. The number of carbonyl (C=O) groups excluding carboxylic acids is 5. The quantitative estimate of drug-likeness (QED) is 0.309. The number of rotatable bonds is 12. The van der Waals surface area contributed by atoms with Crippen LogP contribution >= 0.6 is 0 Å². The van der Waals surface area contributed by atoms with Crippen molar-refractivity contribution in [2.75, 3.05) is 7.05 Å². The van der Waals surface area contributed by atoms with Crippen molar-refractivity contribution in [1.29, 1.82) is 0 Å². The molecule has 3 unspecified atom stereocenters. The molecule has 0 aliphatic rings. The number of nitrogens with one attached hydrogen (secondary N) is 2. The third-order valence-electron chi connectivity index (χ3n) is 6.34. The van der Waals surface area contributed by atoms with Gasteiger partial charge in [0.15, 0.2) is 0 Å². The van der Waals surface area contributed by atoms with E-state index in [4.69, 9.17) is 15.2 Å². The summed E-state index contributed by atoms with van der Waals surface area (Å²) in [7, 11) is 1.42. The number of ether oxygens (including phenoxy) is 2. The first-order chi connectivity index (χ1) is 20.4. The lowest BCUT2D eigenvalue weighted by molar-refractivity contribution is -0.159. The Kier molecular flexibility index (Phi) is 12.5. The number of nitrogens with two attached hydrogens (primary N) is 1. The number of benzene rings is 2. The van der Waals surface area contributed by atoms with Crippen molar-refractivity contribution in [3.63, 3.8) is 0 Å². The molecular formula is C33H46N4O7. The van der Waals surface area contributed by atoms with E-state index in [1.54, 1.807) is 65.8 Å². The number of carbonyl (C=O) groups is 5. The van der Waals surface area contributed by atoms with Gasteiger partial charge in [0.2, 0.25) is 17.7 Å². The zero-order chi connectivity index (χ0) is 33.2. The van der Waals surface area contributed by atoms with Crippen LogP contribution in [0.25, 0.3) is 0 Å². The topological polar surface area (TPSA) is 157 Å². The van der Waals surface area contributed by atoms with Gasteiger partial charge in [0.05, 0.1) is 0 Å². The molecule has 0 fully saturated rings. The fourth-order valence-corrected chi connectivity index (χ4v) is 4.33. The summed E-state index contributed by atoms with van der Waals surface area (Å²) in [6.07, 6.45) is -1.02. The van der Waals surface area contributed by atoms with Gasteiger partial charge in [-0.2, -0.15) is 0 Å². The van der Waals surface area contributed by atoms with Gasteiger partial charge < -0.3 is 30.7 Å². The Hall–Kier alpha value is -4.41. The lowest BCUT2D eigenvalue weighted by atomic mass is 10.00. The van der Waals surface area contributed by atoms with Gasteiger partial charge in [0, 0.05) is 19.9 Å². The first-order valence-electron chi connectivity index (χ1n) is 14.5. The largest absolute Gasteiger partial charge is 0.458 e. The van der Waals surface area contributed by atoms with E-state index in [1.165, 1.54) is 11.9 Å². The number of primary amides is 1. The minimum absolute atomic E-state index is 0.117. The van der Waals surface area contributed by atoms with Gasteiger partial charge >= 0.3 is 12.1 Å². The van der Waals surface area contributed by atoms with Crippen molar-refractivity contribution < 1.29 is 33.4 Å². The van der Waals surface area contributed by atoms with Gasteiger partial charge in [-0.15, -0.1) is 0 Å². The van der Waals surface area contributed by atoms with Crippen LogP contribution in [0, 0.1) is 6.92 Å². The monoisotopic (exact) mass is 610 g/mol. The molecule has 0 aliphatic heterocycles. The SMILES string of the molecule is Cc1ccc(C(C(=O)NC(Cc2ccccc2)C(=O)OC(C)(C)C)N(C)C(=O)C(CCC(N)=O)NC(=O)OC(C)(C)C)cc1. The molecule has 11 heteroatoms. The fourth-order valence-electron chi connectivity index (χ4n) is 4.33. The summed E-state index contributed by atoms with van der Waals surface area (Å²) < 4.78 is 10.9. The van der Waals surface area contributed by atoms with Gasteiger partial charge in [-0.05, 0) is 66.0 Å². The Morgan fingerprint density at radius 2 is 1.39 bits per heavy atom. The van der Waals surface area contributed by atoms with Crippen LogP contribution in [0.5, 0.6) is 0 Å². The molecule has 2 aromatic carbocycles. The zero-order valence-corrected chi connectivity index (χ0v) is 26.9. The molecule has 11 nitrogen and oxygen atoms in total. The first kappa shape index (κ1) is 35.8. The van der Waals surface area contributed by atoms with Crippen LogP contribution in [-0.4, -0.2) is 65.0 Å². The van der Waals surface area contributed by atoms with Crippen molar-refractivity contribution in [3.05, 3.63) is 71.3 Å². The Balaban J connectivity index is 2.47. The number of alkyl carbamates (subject to hydrolysis) is 1. The van der Waals surface area contributed by atoms with Crippen molar-refractivity contribution in [1.82, 2.24) is 15.5 Å². The maximum Gasteiger partial charge on any atom is 0.408 e. The Morgan fingerprint density at radius 3 is 1.91 bits per heavy atom. The summed E-state index contributed by atoms with van der Waals surface area (Å²) in [5.74, 6) is -2.58. The number of amides is 4. The minimum atomic E-state index is -1.23. The van der Waals surface area contributed by atoms with E-state index in [1.807, 2.05) is 37.3 Å². The Labute approximate surface area is 259 Å². The van der Waals surface area contributed by atoms with Gasteiger partial charge in [0.1, 0.15) is 29.3 Å². The highest BCUT2D eigenvalue weighted by molar-refractivity contribution is 5.94. The molecule has 0 radical (unpaired) electrons. The third kappa shape index (κ3) is 12.1. The van der Waals surface area contributed by atoms with E-state index in [2.05, 4.69) is 10.6 Å². The molecule has 0 aromatic heterocycles. The summed E-state index contributed by atoms with van der Waals surface area (Å²) in [5, 5.41) is 5.32. The first-order valence-corrected chi connectivity index (χ1v) is 14.5.